The molecule has 1 fully saturated rings. The van der Waals surface area contributed by atoms with Crippen LogP contribution in [0.1, 0.15) is 42.9 Å². The molecular formula is C33H38FN9O2. The smallest absolute Gasteiger partial charge is 0.283 e. The summed E-state index contributed by atoms with van der Waals surface area (Å²) in [5.74, 6) is -0.592. The van der Waals surface area contributed by atoms with E-state index in [1.54, 1.807) is 10.6 Å². The van der Waals surface area contributed by atoms with Gasteiger partial charge in [-0.25, -0.2) is 4.39 Å². The number of hydrogen-bond donors (Lipinski definition) is 6. The summed E-state index contributed by atoms with van der Waals surface area (Å²) in [6.07, 6.45) is 2.28. The van der Waals surface area contributed by atoms with E-state index in [-0.39, 0.29) is 11.8 Å². The van der Waals surface area contributed by atoms with Crippen LogP contribution in [0.3, 0.4) is 0 Å². The molecular weight excluding hydrogens is 573 g/mol. The summed E-state index contributed by atoms with van der Waals surface area (Å²) in [5.41, 5.74) is 6.83. The summed E-state index contributed by atoms with van der Waals surface area (Å²) in [4.78, 5) is 25.0. The molecule has 0 bridgehead atoms. The van der Waals surface area contributed by atoms with Gasteiger partial charge >= 0.3 is 0 Å². The number of nitrogens with one attached hydrogen (secondary N) is 5. The molecule has 1 aliphatic heterocycles. The maximum absolute atomic E-state index is 13.4. The molecule has 4 heterocycles. The summed E-state index contributed by atoms with van der Waals surface area (Å²) >= 11 is 0. The number of para-hydroxylation sites is 1. The van der Waals surface area contributed by atoms with E-state index in [1.165, 1.54) is 0 Å². The monoisotopic (exact) mass is 611 g/mol. The number of nitrogens with zero attached hydrogens (tertiary/aromatic N) is 4. The Kier molecular flexibility index (Phi) is 8.50. The number of aryl methyl sites for hydroxylation is 1. The number of aromatic nitrogens is 5. The van der Waals surface area contributed by atoms with E-state index in [0.29, 0.717) is 42.7 Å². The van der Waals surface area contributed by atoms with Crippen LogP contribution < -0.4 is 21.3 Å². The van der Waals surface area contributed by atoms with E-state index in [9.17, 15) is 14.3 Å². The maximum Gasteiger partial charge on any atom is 0.283 e. The van der Waals surface area contributed by atoms with Crippen LogP contribution >= 0.6 is 0 Å². The number of halogens is 1. The normalized spacial score (nSPS) is 16.8. The lowest BCUT2D eigenvalue weighted by Crippen LogP contribution is -2.43. The topological polar surface area (TPSA) is 144 Å². The molecule has 2 atom stereocenters. The number of H-pyrrole nitrogens is 1. The Morgan fingerprint density at radius 3 is 2.80 bits per heavy atom. The standard InChI is InChI=1S/C33H38FN9O2/c1-18(2)24-16-38-43-30(24)41-32(36-14-22-11-12-35-17-28(22)44)42-33(43)37-15-25-19(3)7-5-9-23(25)27-13-21-8-6-10-26(29(21)39-27)40-31(45)20(4)34/h5-10,13,16,18,22,28,35,39,44H,4,11-12,14-15,17H2,1-3H3,(H,40,45)(H2,36,37,41,42)/t22-,28+/m1/s1. The Hall–Kier alpha value is -4.81. The number of carbonyl (C=O) groups is 1. The van der Waals surface area contributed by atoms with Crippen LogP contribution in [-0.4, -0.2) is 61.3 Å². The predicted molar refractivity (Wildman–Crippen MR) is 175 cm³/mol. The van der Waals surface area contributed by atoms with Gasteiger partial charge in [0.2, 0.25) is 11.9 Å². The molecule has 1 saturated heterocycles. The minimum absolute atomic E-state index is 0.104. The number of piperidine rings is 1. The number of β-amino-alcohol motifs (C(OH)–C–C–N with tert-alkyl or cyclic N) is 1. The highest BCUT2D eigenvalue weighted by atomic mass is 19.1. The van der Waals surface area contributed by atoms with Crippen molar-refractivity contribution in [1.29, 1.82) is 0 Å². The second kappa shape index (κ2) is 12.7. The number of anilines is 3. The minimum atomic E-state index is -1.05. The molecule has 0 spiro atoms. The van der Waals surface area contributed by atoms with Gasteiger partial charge in [-0.2, -0.15) is 19.6 Å². The van der Waals surface area contributed by atoms with Gasteiger partial charge in [0.25, 0.3) is 5.91 Å². The molecule has 1 aliphatic rings. The van der Waals surface area contributed by atoms with Crippen LogP contribution in [0.5, 0.6) is 0 Å². The Labute approximate surface area is 260 Å². The number of hydrogen-bond acceptors (Lipinski definition) is 8. The van der Waals surface area contributed by atoms with Gasteiger partial charge in [0, 0.05) is 47.8 Å². The van der Waals surface area contributed by atoms with Crippen molar-refractivity contribution in [3.8, 4) is 11.3 Å². The summed E-state index contributed by atoms with van der Waals surface area (Å²) in [7, 11) is 0. The van der Waals surface area contributed by atoms with Crippen molar-refractivity contribution >= 4 is 40.0 Å². The maximum atomic E-state index is 13.4. The number of carbonyl (C=O) groups excluding carboxylic acids is 1. The number of amides is 1. The van der Waals surface area contributed by atoms with E-state index in [1.807, 2.05) is 36.5 Å². The molecule has 45 heavy (non-hydrogen) atoms. The number of benzene rings is 2. The van der Waals surface area contributed by atoms with Gasteiger partial charge in [0.05, 0.1) is 23.5 Å². The number of aliphatic hydroxyl groups is 1. The first kappa shape index (κ1) is 30.2. The van der Waals surface area contributed by atoms with Gasteiger partial charge in [0.15, 0.2) is 11.5 Å². The Bertz CT molecular complexity index is 1880. The van der Waals surface area contributed by atoms with Crippen LogP contribution in [0.4, 0.5) is 22.0 Å². The van der Waals surface area contributed by atoms with Crippen molar-refractivity contribution in [3.63, 3.8) is 0 Å². The van der Waals surface area contributed by atoms with Crippen LogP contribution in [0, 0.1) is 12.8 Å². The molecule has 11 nitrogen and oxygen atoms in total. The quantitative estimate of drug-likeness (QED) is 0.119. The van der Waals surface area contributed by atoms with Gasteiger partial charge in [-0.3, -0.25) is 4.79 Å². The summed E-state index contributed by atoms with van der Waals surface area (Å²) in [5, 5.41) is 28.6. The highest BCUT2D eigenvalue weighted by molar-refractivity contribution is 6.07. The molecule has 234 valence electrons. The molecule has 5 aromatic rings. The van der Waals surface area contributed by atoms with E-state index in [4.69, 9.17) is 9.97 Å². The zero-order valence-electron chi connectivity index (χ0n) is 25.6. The van der Waals surface area contributed by atoms with Crippen LogP contribution in [0.25, 0.3) is 27.8 Å². The van der Waals surface area contributed by atoms with E-state index in [0.717, 1.165) is 51.9 Å². The van der Waals surface area contributed by atoms with Crippen molar-refractivity contribution in [2.24, 2.45) is 5.92 Å². The van der Waals surface area contributed by atoms with E-state index >= 15 is 0 Å². The molecule has 0 aliphatic carbocycles. The largest absolute Gasteiger partial charge is 0.391 e. The molecule has 0 saturated carbocycles. The van der Waals surface area contributed by atoms with Gasteiger partial charge in [-0.15, -0.1) is 0 Å². The molecule has 3 aromatic heterocycles. The predicted octanol–water partition coefficient (Wildman–Crippen LogP) is 5.12. The highest BCUT2D eigenvalue weighted by Gasteiger charge is 2.23. The van der Waals surface area contributed by atoms with Crippen LogP contribution in [0.2, 0.25) is 0 Å². The van der Waals surface area contributed by atoms with E-state index < -0.39 is 17.8 Å². The number of fused-ring (bicyclic) bond motifs is 2. The van der Waals surface area contributed by atoms with Gasteiger partial charge in [0.1, 0.15) is 0 Å². The first-order chi connectivity index (χ1) is 21.7. The van der Waals surface area contributed by atoms with E-state index in [2.05, 4.69) is 64.8 Å². The fourth-order valence-corrected chi connectivity index (χ4v) is 5.80. The van der Waals surface area contributed by atoms with Crippen LogP contribution in [-0.2, 0) is 11.3 Å². The zero-order valence-corrected chi connectivity index (χ0v) is 25.6. The van der Waals surface area contributed by atoms with Crippen molar-refractivity contribution in [2.75, 3.05) is 35.6 Å². The highest BCUT2D eigenvalue weighted by Crippen LogP contribution is 2.32. The van der Waals surface area contributed by atoms with Crippen molar-refractivity contribution in [2.45, 2.75) is 45.8 Å². The fraction of sp³-hybridized carbons (Fsp3) is 0.333. The minimum Gasteiger partial charge on any atom is -0.391 e. The first-order valence-corrected chi connectivity index (χ1v) is 15.2. The first-order valence-electron chi connectivity index (χ1n) is 15.2. The molecule has 6 rings (SSSR count). The summed E-state index contributed by atoms with van der Waals surface area (Å²) < 4.78 is 15.2. The SMILES string of the molecule is C=C(F)C(=O)Nc1cccc2cc(-c3cccc(C)c3CNc3nc(NC[C@H]4CCNC[C@@H]4O)nc4c(C(C)C)cnn34)[nH]c12. The Morgan fingerprint density at radius 2 is 2.02 bits per heavy atom. The second-order valence-electron chi connectivity index (χ2n) is 11.8. The number of rotatable bonds is 10. The van der Waals surface area contributed by atoms with Crippen molar-refractivity contribution in [1.82, 2.24) is 29.9 Å². The molecule has 12 heteroatoms. The fourth-order valence-electron chi connectivity index (χ4n) is 5.80. The lowest BCUT2D eigenvalue weighted by atomic mass is 9.95. The molecule has 0 radical (unpaired) electrons. The summed E-state index contributed by atoms with van der Waals surface area (Å²) in [6, 6.07) is 13.6. The van der Waals surface area contributed by atoms with Gasteiger partial charge in [-0.1, -0.05) is 50.8 Å². The Morgan fingerprint density at radius 1 is 1.20 bits per heavy atom. The average Bonchev–Trinajstić information content (AvgIpc) is 3.65. The van der Waals surface area contributed by atoms with Crippen LogP contribution in [0.15, 0.2) is 61.1 Å². The molecule has 1 amide bonds. The zero-order chi connectivity index (χ0) is 31.7. The molecule has 0 unspecified atom stereocenters. The van der Waals surface area contributed by atoms with Crippen molar-refractivity contribution < 1.29 is 14.3 Å². The third-order valence-electron chi connectivity index (χ3n) is 8.40. The summed E-state index contributed by atoms with van der Waals surface area (Å²) in [6.45, 7) is 11.8. The van der Waals surface area contributed by atoms with Crippen molar-refractivity contribution in [3.05, 3.63) is 77.8 Å². The third-order valence-corrected chi connectivity index (χ3v) is 8.40. The Balaban J connectivity index is 1.31. The van der Waals surface area contributed by atoms with Gasteiger partial charge in [-0.05, 0) is 49.1 Å². The average molecular weight is 612 g/mol. The number of aromatic amines is 1. The lowest BCUT2D eigenvalue weighted by Gasteiger charge is -2.28. The third kappa shape index (κ3) is 6.24. The number of aliphatic hydroxyl groups excluding tert-OH is 1. The molecule has 6 N–H and O–H groups in total. The van der Waals surface area contributed by atoms with Gasteiger partial charge < -0.3 is 31.4 Å². The lowest BCUT2D eigenvalue weighted by molar-refractivity contribution is -0.114. The second-order valence-corrected chi connectivity index (χ2v) is 11.8. The molecule has 2 aromatic carbocycles.